The number of hydrogen-bond donors (Lipinski definition) is 1. The van der Waals surface area contributed by atoms with Crippen LogP contribution in [0.15, 0.2) is 30.3 Å². The molecule has 0 unspecified atom stereocenters. The average Bonchev–Trinajstić information content (AvgIpc) is 3.34. The number of pyridine rings is 1. The lowest BCUT2D eigenvalue weighted by molar-refractivity contribution is 0.0185. The summed E-state index contributed by atoms with van der Waals surface area (Å²) in [6, 6.07) is 12.0. The van der Waals surface area contributed by atoms with Crippen molar-refractivity contribution >= 4 is 23.1 Å². The Bertz CT molecular complexity index is 1530. The van der Waals surface area contributed by atoms with Crippen molar-refractivity contribution in [1.82, 2.24) is 19.7 Å². The Morgan fingerprint density at radius 3 is 2.30 bits per heavy atom. The highest BCUT2D eigenvalue weighted by Crippen LogP contribution is 2.41. The predicted molar refractivity (Wildman–Crippen MR) is 162 cm³/mol. The normalized spacial score (nSPS) is 17.6. The van der Waals surface area contributed by atoms with Crippen LogP contribution >= 0.6 is 0 Å². The number of carbonyl (C=O) groups is 2. The molecule has 0 spiro atoms. The fraction of sp³-hybridized carbons (Fsp3) is 0.545. The van der Waals surface area contributed by atoms with Crippen LogP contribution in [-0.4, -0.2) is 61.6 Å². The van der Waals surface area contributed by atoms with Crippen molar-refractivity contribution < 1.29 is 24.2 Å². The summed E-state index contributed by atoms with van der Waals surface area (Å²) in [4.78, 5) is 31.0. The second-order valence-corrected chi connectivity index (χ2v) is 13.0. The summed E-state index contributed by atoms with van der Waals surface area (Å²) in [7, 11) is 0. The predicted octanol–water partition coefficient (Wildman–Crippen LogP) is 6.88. The number of fused-ring (bicyclic) bond motifs is 1. The Hall–Kier alpha value is -4.13. The largest absolute Gasteiger partial charge is 0.477 e. The molecule has 5 rings (SSSR count). The maximum absolute atomic E-state index is 12.6. The summed E-state index contributed by atoms with van der Waals surface area (Å²) in [5, 5.41) is 25.8. The molecule has 1 amide bonds. The highest BCUT2D eigenvalue weighted by atomic mass is 16.6. The van der Waals surface area contributed by atoms with E-state index in [1.807, 2.05) is 63.6 Å². The highest BCUT2D eigenvalue weighted by molar-refractivity contribution is 6.01. The van der Waals surface area contributed by atoms with Crippen molar-refractivity contribution in [2.24, 2.45) is 0 Å². The van der Waals surface area contributed by atoms with Crippen molar-refractivity contribution in [3.8, 4) is 23.1 Å². The molecule has 0 bridgehead atoms. The van der Waals surface area contributed by atoms with Gasteiger partial charge >= 0.3 is 12.1 Å². The number of rotatable bonds is 6. The van der Waals surface area contributed by atoms with Gasteiger partial charge in [0.05, 0.1) is 29.0 Å². The van der Waals surface area contributed by atoms with E-state index in [-0.39, 0.29) is 23.9 Å². The number of likely N-dealkylation sites (tertiary alicyclic amines) is 1. The summed E-state index contributed by atoms with van der Waals surface area (Å²) in [6.07, 6.45) is 5.78. The van der Waals surface area contributed by atoms with E-state index < -0.39 is 17.0 Å². The first-order valence-corrected chi connectivity index (χ1v) is 15.2. The zero-order valence-electron chi connectivity index (χ0n) is 25.7. The Balaban J connectivity index is 1.51. The zero-order chi connectivity index (χ0) is 30.9. The Morgan fingerprint density at radius 2 is 1.74 bits per heavy atom. The van der Waals surface area contributed by atoms with Crippen LogP contribution in [0.2, 0.25) is 0 Å². The molecule has 0 atom stereocenters. The summed E-state index contributed by atoms with van der Waals surface area (Å²) in [6.45, 7) is 10.2. The number of nitriles is 1. The topological polar surface area (TPSA) is 131 Å². The molecule has 1 N–H and O–H groups in total. The molecule has 1 saturated carbocycles. The Morgan fingerprint density at radius 1 is 1.09 bits per heavy atom. The van der Waals surface area contributed by atoms with Crippen LogP contribution in [0, 0.1) is 11.3 Å². The number of ether oxygens (including phenoxy) is 2. The molecule has 2 fully saturated rings. The summed E-state index contributed by atoms with van der Waals surface area (Å²) >= 11 is 0. The van der Waals surface area contributed by atoms with Crippen molar-refractivity contribution in [3.63, 3.8) is 0 Å². The zero-order valence-corrected chi connectivity index (χ0v) is 25.7. The molecule has 0 radical (unpaired) electrons. The van der Waals surface area contributed by atoms with Crippen LogP contribution < -0.4 is 4.74 Å². The Labute approximate surface area is 252 Å². The second kappa shape index (κ2) is 11.9. The fourth-order valence-corrected chi connectivity index (χ4v) is 6.16. The monoisotopic (exact) mass is 587 g/mol. The first-order chi connectivity index (χ1) is 20.4. The molecular weight excluding hydrogens is 546 g/mol. The molecule has 1 aromatic carbocycles. The van der Waals surface area contributed by atoms with Crippen LogP contribution in [0.25, 0.3) is 22.2 Å². The third-order valence-electron chi connectivity index (χ3n) is 8.35. The van der Waals surface area contributed by atoms with E-state index in [1.54, 1.807) is 11.0 Å². The van der Waals surface area contributed by atoms with Gasteiger partial charge in [-0.25, -0.2) is 19.3 Å². The van der Waals surface area contributed by atoms with Crippen LogP contribution in [0.1, 0.15) is 102 Å². The maximum atomic E-state index is 12.6. The number of carbonyl (C=O) groups excluding carboxylic acids is 1. The van der Waals surface area contributed by atoms with Gasteiger partial charge in [0.1, 0.15) is 5.60 Å². The molecule has 3 heterocycles. The fourth-order valence-electron chi connectivity index (χ4n) is 6.16. The number of carboxylic acid groups (broad SMARTS) is 1. The number of carboxylic acids is 1. The number of aromatic carboxylic acids is 1. The van der Waals surface area contributed by atoms with Gasteiger partial charge in [-0.2, -0.15) is 5.26 Å². The van der Waals surface area contributed by atoms with Gasteiger partial charge in [0.15, 0.2) is 11.3 Å². The minimum Gasteiger partial charge on any atom is -0.477 e. The number of hydrogen-bond acceptors (Lipinski definition) is 7. The van der Waals surface area contributed by atoms with E-state index in [1.165, 1.54) is 6.42 Å². The van der Waals surface area contributed by atoms with Gasteiger partial charge in [-0.3, -0.25) is 0 Å². The van der Waals surface area contributed by atoms with Gasteiger partial charge in [0.2, 0.25) is 5.88 Å². The van der Waals surface area contributed by atoms with E-state index in [0.717, 1.165) is 36.8 Å². The van der Waals surface area contributed by atoms with Gasteiger partial charge in [0, 0.05) is 18.7 Å². The molecule has 228 valence electrons. The average molecular weight is 588 g/mol. The quantitative estimate of drug-likeness (QED) is 0.330. The summed E-state index contributed by atoms with van der Waals surface area (Å²) in [5.74, 6) is -0.662. The lowest BCUT2D eigenvalue weighted by Gasteiger charge is -2.38. The second-order valence-electron chi connectivity index (χ2n) is 13.0. The molecule has 10 nitrogen and oxygen atoms in total. The molecule has 1 aliphatic heterocycles. The molecule has 2 aliphatic rings. The maximum Gasteiger partial charge on any atom is 0.410 e. The van der Waals surface area contributed by atoms with Gasteiger partial charge < -0.3 is 19.5 Å². The first kappa shape index (κ1) is 30.3. The molecule has 1 aliphatic carbocycles. The smallest absolute Gasteiger partial charge is 0.410 e. The van der Waals surface area contributed by atoms with Crippen molar-refractivity contribution in [1.29, 1.82) is 5.26 Å². The van der Waals surface area contributed by atoms with Gasteiger partial charge in [-0.15, -0.1) is 5.10 Å². The van der Waals surface area contributed by atoms with Crippen LogP contribution in [0.5, 0.6) is 5.88 Å². The Kier molecular flexibility index (Phi) is 8.37. The molecule has 1 saturated heterocycles. The van der Waals surface area contributed by atoms with Gasteiger partial charge in [0.25, 0.3) is 0 Å². The van der Waals surface area contributed by atoms with E-state index in [2.05, 4.69) is 11.1 Å². The highest BCUT2D eigenvalue weighted by Gasteiger charge is 2.39. The number of piperidine rings is 1. The van der Waals surface area contributed by atoms with E-state index >= 15 is 0 Å². The van der Waals surface area contributed by atoms with Crippen molar-refractivity contribution in [2.75, 3.05) is 13.1 Å². The number of amides is 1. The van der Waals surface area contributed by atoms with E-state index in [4.69, 9.17) is 14.6 Å². The van der Waals surface area contributed by atoms with Crippen molar-refractivity contribution in [2.45, 2.75) is 103 Å². The van der Waals surface area contributed by atoms with E-state index in [9.17, 15) is 20.0 Å². The molecule has 2 aromatic heterocycles. The minimum absolute atomic E-state index is 0.0531. The third-order valence-corrected chi connectivity index (χ3v) is 8.35. The van der Waals surface area contributed by atoms with Crippen molar-refractivity contribution in [3.05, 3.63) is 41.6 Å². The third kappa shape index (κ3) is 6.31. The van der Waals surface area contributed by atoms with Crippen LogP contribution in [-0.2, 0) is 10.2 Å². The number of nitrogens with zero attached hydrogens (tertiary/aromatic N) is 5. The standard InChI is InChI=1S/C33H41N5O5/c1-21(2)42-29-27-25(19-26(30(39)40)35-28(27)38(36-29)24-9-7-6-8-10-24)22-11-13-23(14-12-22)33(20-34)15-17-37(18-16-33)31(41)43-32(3,4)5/h11-14,19,21,24H,6-10,15-18H2,1-5H3,(H,39,40). The van der Waals surface area contributed by atoms with Gasteiger partial charge in [-0.1, -0.05) is 43.5 Å². The van der Waals surface area contributed by atoms with Crippen LogP contribution in [0.3, 0.4) is 0 Å². The SMILES string of the molecule is CC(C)Oc1nn(C2CCCCC2)c2nc(C(=O)O)cc(-c3ccc(C4(C#N)CCN(C(=O)OC(C)(C)C)CC4)cc3)c12. The molecule has 3 aromatic rings. The molecule has 10 heteroatoms. The molecular formula is C33H41N5O5. The number of benzene rings is 1. The minimum atomic E-state index is -1.11. The summed E-state index contributed by atoms with van der Waals surface area (Å²) < 4.78 is 13.6. The first-order valence-electron chi connectivity index (χ1n) is 15.2. The van der Waals surface area contributed by atoms with Gasteiger partial charge in [-0.05, 0) is 77.5 Å². The number of aromatic nitrogens is 3. The molecule has 43 heavy (non-hydrogen) atoms. The lowest BCUT2D eigenvalue weighted by atomic mass is 9.74. The lowest BCUT2D eigenvalue weighted by Crippen LogP contribution is -2.46. The summed E-state index contributed by atoms with van der Waals surface area (Å²) in [5.41, 5.74) is 1.47. The van der Waals surface area contributed by atoms with Crippen LogP contribution in [0.4, 0.5) is 4.79 Å². The van der Waals surface area contributed by atoms with E-state index in [0.29, 0.717) is 48.4 Å².